The molecule has 3 aromatic rings. The molecule has 0 aliphatic carbocycles. The maximum absolute atomic E-state index is 13.1. The van der Waals surface area contributed by atoms with Crippen molar-refractivity contribution < 1.29 is 14.4 Å². The second-order valence-corrected chi connectivity index (χ2v) is 8.17. The first-order valence-corrected chi connectivity index (χ1v) is 10.5. The Hall–Kier alpha value is -3.26. The fourth-order valence-electron chi connectivity index (χ4n) is 4.49. The minimum Gasteiger partial charge on any atom is -0.355 e. The minimum absolute atomic E-state index is 0.0360. The SMILES string of the molecule is CC(=O)c1c(C)[nH]c(C(=O)C(C)N2CCN(C(=O)c3n[nH]c4ccccc34)CC2)c1C. The smallest absolute Gasteiger partial charge is 0.275 e. The molecule has 1 aliphatic rings. The standard InChI is InChI=1S/C23H27N5O3/c1-13-19(16(4)29)14(2)24-20(13)22(30)15(3)27-9-11-28(12-10-27)23(31)21-17-7-5-6-8-18(17)25-26-21/h5-8,15,24H,9-12H2,1-4H3,(H,25,26). The van der Waals surface area contributed by atoms with Crippen LogP contribution in [0.15, 0.2) is 24.3 Å². The van der Waals surface area contributed by atoms with Gasteiger partial charge in [0.1, 0.15) is 0 Å². The number of nitrogens with zero attached hydrogens (tertiary/aromatic N) is 3. The van der Waals surface area contributed by atoms with Gasteiger partial charge in [-0.3, -0.25) is 24.4 Å². The molecule has 8 nitrogen and oxygen atoms in total. The summed E-state index contributed by atoms with van der Waals surface area (Å²) >= 11 is 0. The van der Waals surface area contributed by atoms with Gasteiger partial charge >= 0.3 is 0 Å². The Morgan fingerprint density at radius 3 is 2.39 bits per heavy atom. The molecule has 8 heteroatoms. The number of aromatic amines is 2. The molecule has 3 heterocycles. The summed E-state index contributed by atoms with van der Waals surface area (Å²) in [6.45, 7) is 9.26. The molecule has 1 unspecified atom stereocenters. The number of amides is 1. The van der Waals surface area contributed by atoms with Crippen molar-refractivity contribution in [3.8, 4) is 0 Å². The van der Waals surface area contributed by atoms with Gasteiger partial charge in [0.2, 0.25) is 0 Å². The van der Waals surface area contributed by atoms with Crippen LogP contribution in [0.1, 0.15) is 56.4 Å². The highest BCUT2D eigenvalue weighted by atomic mass is 16.2. The number of aromatic nitrogens is 3. The summed E-state index contributed by atoms with van der Waals surface area (Å²) in [6, 6.07) is 7.23. The maximum Gasteiger partial charge on any atom is 0.275 e. The van der Waals surface area contributed by atoms with Gasteiger partial charge in [-0.2, -0.15) is 5.10 Å². The van der Waals surface area contributed by atoms with Crippen molar-refractivity contribution in [2.24, 2.45) is 0 Å². The van der Waals surface area contributed by atoms with Gasteiger partial charge in [-0.05, 0) is 39.3 Å². The van der Waals surface area contributed by atoms with Crippen LogP contribution in [0.3, 0.4) is 0 Å². The summed E-state index contributed by atoms with van der Waals surface area (Å²) in [5.74, 6) is -0.180. The number of Topliss-reactive ketones (excluding diaryl/α,β-unsaturated/α-hetero) is 2. The summed E-state index contributed by atoms with van der Waals surface area (Å²) < 4.78 is 0. The van der Waals surface area contributed by atoms with Crippen LogP contribution in [-0.4, -0.2) is 74.7 Å². The van der Waals surface area contributed by atoms with E-state index in [4.69, 9.17) is 0 Å². The summed E-state index contributed by atoms with van der Waals surface area (Å²) in [5, 5.41) is 7.94. The highest BCUT2D eigenvalue weighted by Gasteiger charge is 2.31. The van der Waals surface area contributed by atoms with Crippen LogP contribution in [-0.2, 0) is 0 Å². The zero-order valence-electron chi connectivity index (χ0n) is 18.3. The second-order valence-electron chi connectivity index (χ2n) is 8.17. The average Bonchev–Trinajstić information content (AvgIpc) is 3.32. The van der Waals surface area contributed by atoms with Gasteiger partial charge in [0, 0.05) is 42.8 Å². The van der Waals surface area contributed by atoms with Crippen LogP contribution in [0.5, 0.6) is 0 Å². The first-order valence-electron chi connectivity index (χ1n) is 10.5. The third kappa shape index (κ3) is 3.67. The van der Waals surface area contributed by atoms with E-state index in [-0.39, 0.29) is 23.5 Å². The number of H-pyrrole nitrogens is 2. The van der Waals surface area contributed by atoms with Crippen LogP contribution < -0.4 is 0 Å². The van der Waals surface area contributed by atoms with Gasteiger partial charge in [-0.15, -0.1) is 0 Å². The van der Waals surface area contributed by atoms with E-state index < -0.39 is 0 Å². The number of carbonyl (C=O) groups is 3. The van der Waals surface area contributed by atoms with E-state index in [0.29, 0.717) is 48.7 Å². The van der Waals surface area contributed by atoms with Crippen molar-refractivity contribution in [2.45, 2.75) is 33.7 Å². The van der Waals surface area contributed by atoms with Crippen molar-refractivity contribution in [1.29, 1.82) is 0 Å². The molecule has 0 radical (unpaired) electrons. The summed E-state index contributed by atoms with van der Waals surface area (Å²) in [4.78, 5) is 45.0. The molecular formula is C23H27N5O3. The van der Waals surface area contributed by atoms with Crippen molar-refractivity contribution in [1.82, 2.24) is 25.0 Å². The lowest BCUT2D eigenvalue weighted by Gasteiger charge is -2.37. The number of rotatable bonds is 5. The van der Waals surface area contributed by atoms with E-state index in [1.165, 1.54) is 6.92 Å². The van der Waals surface area contributed by atoms with E-state index >= 15 is 0 Å². The fourth-order valence-corrected chi connectivity index (χ4v) is 4.49. The molecular weight excluding hydrogens is 394 g/mol. The van der Waals surface area contributed by atoms with Crippen molar-refractivity contribution in [2.75, 3.05) is 26.2 Å². The number of hydrogen-bond donors (Lipinski definition) is 2. The van der Waals surface area contributed by atoms with Crippen LogP contribution in [0, 0.1) is 13.8 Å². The Morgan fingerprint density at radius 1 is 1.06 bits per heavy atom. The molecule has 31 heavy (non-hydrogen) atoms. The average molecular weight is 422 g/mol. The highest BCUT2D eigenvalue weighted by Crippen LogP contribution is 2.22. The molecule has 4 rings (SSSR count). The van der Waals surface area contributed by atoms with Gasteiger partial charge in [-0.1, -0.05) is 18.2 Å². The van der Waals surface area contributed by atoms with Gasteiger partial charge in [-0.25, -0.2) is 0 Å². The molecule has 0 spiro atoms. The van der Waals surface area contributed by atoms with Crippen LogP contribution in [0.25, 0.3) is 10.9 Å². The molecule has 1 fully saturated rings. The number of piperazine rings is 1. The van der Waals surface area contributed by atoms with Gasteiger partial charge in [0.25, 0.3) is 5.91 Å². The highest BCUT2D eigenvalue weighted by molar-refractivity contribution is 6.05. The van der Waals surface area contributed by atoms with Crippen LogP contribution in [0.2, 0.25) is 0 Å². The maximum atomic E-state index is 13.1. The topological polar surface area (TPSA) is 102 Å². The molecule has 1 aliphatic heterocycles. The lowest BCUT2D eigenvalue weighted by Crippen LogP contribution is -2.53. The van der Waals surface area contributed by atoms with Crippen molar-refractivity contribution in [3.05, 3.63) is 52.5 Å². The third-order valence-electron chi connectivity index (χ3n) is 6.24. The van der Waals surface area contributed by atoms with E-state index in [0.717, 1.165) is 16.6 Å². The molecule has 1 aromatic carbocycles. The Kier molecular flexibility index (Phi) is 5.49. The van der Waals surface area contributed by atoms with E-state index in [1.807, 2.05) is 45.0 Å². The largest absolute Gasteiger partial charge is 0.355 e. The molecule has 0 bridgehead atoms. The Labute approximate surface area is 180 Å². The molecule has 1 amide bonds. The summed E-state index contributed by atoms with van der Waals surface area (Å²) in [6.07, 6.45) is 0. The van der Waals surface area contributed by atoms with E-state index in [2.05, 4.69) is 20.1 Å². The molecule has 2 aromatic heterocycles. The van der Waals surface area contributed by atoms with Crippen LogP contribution >= 0.6 is 0 Å². The second kappa shape index (κ2) is 8.11. The Morgan fingerprint density at radius 2 is 1.74 bits per heavy atom. The first kappa shape index (κ1) is 21.0. The number of nitrogens with one attached hydrogen (secondary N) is 2. The number of ketones is 2. The summed E-state index contributed by atoms with van der Waals surface area (Å²) in [7, 11) is 0. The zero-order valence-corrected chi connectivity index (χ0v) is 18.3. The lowest BCUT2D eigenvalue weighted by atomic mass is 10.0. The van der Waals surface area contributed by atoms with E-state index in [9.17, 15) is 14.4 Å². The van der Waals surface area contributed by atoms with Crippen molar-refractivity contribution in [3.63, 3.8) is 0 Å². The van der Waals surface area contributed by atoms with Gasteiger partial charge in [0.05, 0.1) is 17.3 Å². The molecule has 1 atom stereocenters. The number of fused-ring (bicyclic) bond motifs is 1. The predicted molar refractivity (Wildman–Crippen MR) is 118 cm³/mol. The minimum atomic E-state index is -0.347. The summed E-state index contributed by atoms with van der Waals surface area (Å²) in [5.41, 5.74) is 3.80. The van der Waals surface area contributed by atoms with Crippen molar-refractivity contribution >= 4 is 28.4 Å². The molecule has 0 saturated carbocycles. The number of para-hydroxylation sites is 1. The Bertz CT molecular complexity index is 1170. The monoisotopic (exact) mass is 421 g/mol. The lowest BCUT2D eigenvalue weighted by molar-refractivity contribution is 0.0547. The third-order valence-corrected chi connectivity index (χ3v) is 6.24. The molecule has 2 N–H and O–H groups in total. The number of benzene rings is 1. The predicted octanol–water partition coefficient (Wildman–Crippen LogP) is 2.74. The van der Waals surface area contributed by atoms with Crippen LogP contribution in [0.4, 0.5) is 0 Å². The van der Waals surface area contributed by atoms with Gasteiger partial charge < -0.3 is 9.88 Å². The number of hydrogen-bond acceptors (Lipinski definition) is 5. The molecule has 1 saturated heterocycles. The zero-order chi connectivity index (χ0) is 22.3. The fraction of sp³-hybridized carbons (Fsp3) is 0.391. The quantitative estimate of drug-likeness (QED) is 0.617. The molecule has 162 valence electrons. The number of aryl methyl sites for hydroxylation is 1. The number of carbonyl (C=O) groups excluding carboxylic acids is 3. The van der Waals surface area contributed by atoms with E-state index in [1.54, 1.807) is 4.90 Å². The van der Waals surface area contributed by atoms with Gasteiger partial charge in [0.15, 0.2) is 17.3 Å². The normalized spacial score (nSPS) is 15.9. The Balaban J connectivity index is 1.44. The first-order chi connectivity index (χ1) is 14.8.